The van der Waals surface area contributed by atoms with Crippen LogP contribution in [0.4, 0.5) is 0 Å². The third-order valence-corrected chi connectivity index (χ3v) is 3.93. The van der Waals surface area contributed by atoms with Crippen molar-refractivity contribution in [1.82, 2.24) is 15.0 Å². The van der Waals surface area contributed by atoms with Crippen LogP contribution in [0.15, 0.2) is 64.0 Å². The predicted molar refractivity (Wildman–Crippen MR) is 94.6 cm³/mol. The summed E-state index contributed by atoms with van der Waals surface area (Å²) in [6.45, 7) is 1.81. The zero-order valence-electron chi connectivity index (χ0n) is 13.9. The number of aromatic hydroxyl groups is 1. The highest BCUT2D eigenvalue weighted by Gasteiger charge is 2.11. The molecule has 0 aliphatic rings. The van der Waals surface area contributed by atoms with E-state index in [2.05, 4.69) is 10.2 Å². The second-order valence-corrected chi connectivity index (χ2v) is 5.76. The Balaban J connectivity index is 1.65. The molecule has 4 aromatic rings. The highest BCUT2D eigenvalue weighted by atomic mass is 16.5. The van der Waals surface area contributed by atoms with E-state index in [0.29, 0.717) is 11.4 Å². The van der Waals surface area contributed by atoms with Crippen molar-refractivity contribution in [2.75, 3.05) is 0 Å². The Hall–Kier alpha value is -3.61. The Bertz CT molecular complexity index is 1110. The number of ether oxygens (including phenoxy) is 1. The molecule has 26 heavy (non-hydrogen) atoms. The molecule has 130 valence electrons. The van der Waals surface area contributed by atoms with Crippen LogP contribution in [0, 0.1) is 6.92 Å². The summed E-state index contributed by atoms with van der Waals surface area (Å²) in [5.41, 5.74) is 2.39. The molecule has 0 fully saturated rings. The minimum Gasteiger partial charge on any atom is -0.506 e. The Morgan fingerprint density at radius 2 is 1.85 bits per heavy atom. The van der Waals surface area contributed by atoms with Crippen LogP contribution in [-0.2, 0) is 6.61 Å². The first kappa shape index (κ1) is 15.9. The molecule has 0 bridgehead atoms. The summed E-state index contributed by atoms with van der Waals surface area (Å²) in [7, 11) is 0. The minimum atomic E-state index is -0.243. The molecule has 1 N–H and O–H groups in total. The molecule has 0 amide bonds. The molecular formula is C19H15N3O4. The number of hydrogen-bond donors (Lipinski definition) is 1. The molecule has 2 heterocycles. The van der Waals surface area contributed by atoms with Gasteiger partial charge in [-0.3, -0.25) is 4.79 Å². The van der Waals surface area contributed by atoms with Crippen LogP contribution < -0.4 is 10.2 Å². The fourth-order valence-electron chi connectivity index (χ4n) is 2.62. The molecule has 4 rings (SSSR count). The van der Waals surface area contributed by atoms with Crippen molar-refractivity contribution in [2.24, 2.45) is 0 Å². The first-order valence-corrected chi connectivity index (χ1v) is 7.97. The molecule has 0 saturated carbocycles. The lowest BCUT2D eigenvalue weighted by Crippen LogP contribution is -2.08. The lowest BCUT2D eigenvalue weighted by atomic mass is 10.2. The van der Waals surface area contributed by atoms with Crippen molar-refractivity contribution in [3.05, 3.63) is 76.3 Å². The average Bonchev–Trinajstić information content (AvgIpc) is 3.06. The van der Waals surface area contributed by atoms with E-state index in [9.17, 15) is 9.90 Å². The number of hydrogen-bond acceptors (Lipinski definition) is 6. The number of phenolic OH excluding ortho intramolecular Hbond substituents is 1. The summed E-state index contributed by atoms with van der Waals surface area (Å²) < 4.78 is 10.8. The zero-order valence-corrected chi connectivity index (χ0v) is 13.9. The normalized spacial score (nSPS) is 11.0. The first-order chi connectivity index (χ1) is 12.6. The maximum atomic E-state index is 11.9. The van der Waals surface area contributed by atoms with E-state index >= 15 is 0 Å². The van der Waals surface area contributed by atoms with Crippen LogP contribution in [0.5, 0.6) is 11.5 Å². The average molecular weight is 349 g/mol. The fourth-order valence-corrected chi connectivity index (χ4v) is 2.62. The maximum Gasteiger partial charge on any atom is 0.227 e. The van der Waals surface area contributed by atoms with Gasteiger partial charge < -0.3 is 14.3 Å². The number of phenols is 1. The van der Waals surface area contributed by atoms with Gasteiger partial charge in [-0.05, 0) is 36.8 Å². The summed E-state index contributed by atoms with van der Waals surface area (Å²) in [5.74, 6) is 0.631. The third kappa shape index (κ3) is 2.90. The van der Waals surface area contributed by atoms with Crippen LogP contribution in [0.1, 0.15) is 11.3 Å². The topological polar surface area (TPSA) is 90.4 Å². The van der Waals surface area contributed by atoms with Gasteiger partial charge in [-0.1, -0.05) is 18.2 Å². The Morgan fingerprint density at radius 1 is 1.12 bits per heavy atom. The molecule has 0 spiro atoms. The summed E-state index contributed by atoms with van der Waals surface area (Å²) in [6, 6.07) is 13.7. The Morgan fingerprint density at radius 3 is 2.54 bits per heavy atom. The maximum absolute atomic E-state index is 11.9. The Kier molecular flexibility index (Phi) is 3.89. The monoisotopic (exact) mass is 349 g/mol. The third-order valence-electron chi connectivity index (χ3n) is 3.93. The van der Waals surface area contributed by atoms with Gasteiger partial charge in [0.15, 0.2) is 0 Å². The predicted octanol–water partition coefficient (Wildman–Crippen LogP) is 2.97. The fraction of sp³-hybridized carbons (Fsp3) is 0.105. The highest BCUT2D eigenvalue weighted by molar-refractivity contribution is 5.73. The van der Waals surface area contributed by atoms with E-state index in [1.165, 1.54) is 17.1 Å². The van der Waals surface area contributed by atoms with Crippen LogP contribution in [-0.4, -0.2) is 20.1 Å². The molecule has 0 saturated heterocycles. The summed E-state index contributed by atoms with van der Waals surface area (Å²) in [4.78, 5) is 13.2. The van der Waals surface area contributed by atoms with Crippen molar-refractivity contribution in [1.29, 1.82) is 0 Å². The van der Waals surface area contributed by atoms with E-state index in [-0.39, 0.29) is 23.5 Å². The van der Waals surface area contributed by atoms with Gasteiger partial charge in [0.25, 0.3) is 0 Å². The van der Waals surface area contributed by atoms with Gasteiger partial charge in [-0.25, -0.2) is 0 Å². The van der Waals surface area contributed by atoms with Gasteiger partial charge in [-0.15, -0.1) is 15.0 Å². The van der Waals surface area contributed by atoms with Gasteiger partial charge in [0.1, 0.15) is 34.8 Å². The smallest absolute Gasteiger partial charge is 0.227 e. The molecular weight excluding hydrogens is 334 g/mol. The molecule has 2 aromatic carbocycles. The largest absolute Gasteiger partial charge is 0.506 e. The second-order valence-electron chi connectivity index (χ2n) is 5.76. The molecule has 0 radical (unpaired) electrons. The van der Waals surface area contributed by atoms with Gasteiger partial charge in [0.2, 0.25) is 11.2 Å². The van der Waals surface area contributed by atoms with E-state index in [1.54, 1.807) is 25.1 Å². The number of nitrogens with zero attached hydrogens (tertiary/aromatic N) is 3. The molecule has 7 heteroatoms. The van der Waals surface area contributed by atoms with Crippen LogP contribution in [0.25, 0.3) is 16.7 Å². The van der Waals surface area contributed by atoms with Crippen molar-refractivity contribution in [3.8, 4) is 17.2 Å². The lowest BCUT2D eigenvalue weighted by Gasteiger charge is -2.09. The standard InChI is InChI=1S/C19H15N3O4/c1-12-19(18(24)8-9-25-12)26-11-13-6-7-17(23)16(10-13)22-20-14-4-2-3-5-15(14)21-22/h2-10,23H,11H2,1H3. The minimum absolute atomic E-state index is 0.0458. The van der Waals surface area contributed by atoms with Crippen LogP contribution in [0.3, 0.4) is 0 Å². The van der Waals surface area contributed by atoms with Crippen molar-refractivity contribution < 1.29 is 14.3 Å². The van der Waals surface area contributed by atoms with Gasteiger partial charge in [0.05, 0.1) is 6.26 Å². The van der Waals surface area contributed by atoms with Gasteiger partial charge >= 0.3 is 0 Å². The van der Waals surface area contributed by atoms with E-state index in [4.69, 9.17) is 9.15 Å². The molecule has 2 aromatic heterocycles. The Labute approximate surface area is 148 Å². The lowest BCUT2D eigenvalue weighted by molar-refractivity contribution is 0.286. The number of rotatable bonds is 4. The van der Waals surface area contributed by atoms with Crippen molar-refractivity contribution in [3.63, 3.8) is 0 Å². The molecule has 7 nitrogen and oxygen atoms in total. The van der Waals surface area contributed by atoms with Crippen molar-refractivity contribution >= 4 is 11.0 Å². The number of fused-ring (bicyclic) bond motifs is 1. The summed E-state index contributed by atoms with van der Waals surface area (Å²) in [6.07, 6.45) is 1.33. The zero-order chi connectivity index (χ0) is 18.1. The summed E-state index contributed by atoms with van der Waals surface area (Å²) in [5, 5.41) is 18.9. The molecule has 0 aliphatic heterocycles. The molecule has 0 aliphatic carbocycles. The second kappa shape index (κ2) is 6.36. The molecule has 0 atom stereocenters. The number of benzene rings is 2. The van der Waals surface area contributed by atoms with Gasteiger partial charge in [-0.2, -0.15) is 0 Å². The SMILES string of the molecule is Cc1occc(=O)c1OCc1ccc(O)c(-n2nc3ccccc3n2)c1. The van der Waals surface area contributed by atoms with Crippen LogP contribution >= 0.6 is 0 Å². The van der Waals surface area contributed by atoms with Gasteiger partial charge in [0, 0.05) is 6.07 Å². The van der Waals surface area contributed by atoms with Crippen LogP contribution in [0.2, 0.25) is 0 Å². The first-order valence-electron chi connectivity index (χ1n) is 7.97. The highest BCUT2D eigenvalue weighted by Crippen LogP contribution is 2.24. The number of aryl methyl sites for hydroxylation is 1. The van der Waals surface area contributed by atoms with Crippen molar-refractivity contribution in [2.45, 2.75) is 13.5 Å². The van der Waals surface area contributed by atoms with E-state index < -0.39 is 0 Å². The molecule has 0 unspecified atom stereocenters. The van der Waals surface area contributed by atoms with E-state index in [1.807, 2.05) is 24.3 Å². The number of aromatic nitrogens is 3. The summed E-state index contributed by atoms with van der Waals surface area (Å²) >= 11 is 0. The quantitative estimate of drug-likeness (QED) is 0.609. The van der Waals surface area contributed by atoms with E-state index in [0.717, 1.165) is 16.6 Å².